The molecule has 134 valence electrons. The summed E-state index contributed by atoms with van der Waals surface area (Å²) in [4.78, 5) is 11.5. The van der Waals surface area contributed by atoms with E-state index in [1.54, 1.807) is 0 Å². The van der Waals surface area contributed by atoms with Crippen LogP contribution in [0.3, 0.4) is 0 Å². The van der Waals surface area contributed by atoms with Gasteiger partial charge in [0.05, 0.1) is 0 Å². The van der Waals surface area contributed by atoms with Crippen LogP contribution in [0.2, 0.25) is 0 Å². The van der Waals surface area contributed by atoms with Gasteiger partial charge in [0.1, 0.15) is 5.82 Å². The molecule has 26 heavy (non-hydrogen) atoms. The van der Waals surface area contributed by atoms with Gasteiger partial charge in [-0.2, -0.15) is 4.98 Å². The lowest BCUT2D eigenvalue weighted by molar-refractivity contribution is 0.661. The minimum Gasteiger partial charge on any atom is -0.366 e. The first kappa shape index (κ1) is 17.9. The molecule has 0 spiro atoms. The van der Waals surface area contributed by atoms with Crippen LogP contribution in [0.15, 0.2) is 66.9 Å². The van der Waals surface area contributed by atoms with Crippen molar-refractivity contribution >= 4 is 11.8 Å². The number of hydrogen-bond donors (Lipinski definition) is 1. The highest BCUT2D eigenvalue weighted by atomic mass is 15.3. The van der Waals surface area contributed by atoms with Crippen LogP contribution in [0.5, 0.6) is 0 Å². The molecule has 0 saturated carbocycles. The average molecular weight is 346 g/mol. The normalized spacial score (nSPS) is 10.8. The van der Waals surface area contributed by atoms with Crippen LogP contribution >= 0.6 is 0 Å². The Bertz CT molecular complexity index is 830. The Balaban J connectivity index is 1.75. The van der Waals surface area contributed by atoms with Gasteiger partial charge in [-0.25, -0.2) is 4.98 Å². The van der Waals surface area contributed by atoms with E-state index in [4.69, 9.17) is 4.98 Å². The fourth-order valence-corrected chi connectivity index (χ4v) is 2.84. The molecule has 0 aliphatic heterocycles. The summed E-state index contributed by atoms with van der Waals surface area (Å²) < 4.78 is 0. The summed E-state index contributed by atoms with van der Waals surface area (Å²) in [5, 5.41) is 3.42. The van der Waals surface area contributed by atoms with Crippen molar-refractivity contribution in [3.8, 4) is 0 Å². The van der Waals surface area contributed by atoms with Gasteiger partial charge in [0.15, 0.2) is 0 Å². The van der Waals surface area contributed by atoms with Crippen molar-refractivity contribution in [3.05, 3.63) is 83.6 Å². The highest BCUT2D eigenvalue weighted by molar-refractivity contribution is 5.43. The van der Waals surface area contributed by atoms with Crippen molar-refractivity contribution in [1.82, 2.24) is 9.97 Å². The largest absolute Gasteiger partial charge is 0.366 e. The summed E-state index contributed by atoms with van der Waals surface area (Å²) in [5.41, 5.74) is 3.81. The van der Waals surface area contributed by atoms with E-state index in [0.717, 1.165) is 24.9 Å². The minimum atomic E-state index is 0.307. The van der Waals surface area contributed by atoms with Gasteiger partial charge in [-0.15, -0.1) is 0 Å². The molecule has 0 saturated heterocycles. The first-order valence-electron chi connectivity index (χ1n) is 9.05. The lowest BCUT2D eigenvalue weighted by Crippen LogP contribution is -2.31. The minimum absolute atomic E-state index is 0.307. The first-order valence-corrected chi connectivity index (χ1v) is 9.05. The Hall–Kier alpha value is -2.88. The van der Waals surface area contributed by atoms with Crippen molar-refractivity contribution in [2.24, 2.45) is 0 Å². The third-order valence-electron chi connectivity index (χ3n) is 4.44. The van der Waals surface area contributed by atoms with E-state index in [-0.39, 0.29) is 0 Å². The topological polar surface area (TPSA) is 41.1 Å². The summed E-state index contributed by atoms with van der Waals surface area (Å²) in [7, 11) is 0. The van der Waals surface area contributed by atoms with Crippen LogP contribution in [0.1, 0.15) is 30.5 Å². The number of nitrogens with one attached hydrogen (secondary N) is 1. The van der Waals surface area contributed by atoms with Crippen molar-refractivity contribution in [2.45, 2.75) is 39.9 Å². The lowest BCUT2D eigenvalue weighted by atomic mass is 10.1. The summed E-state index contributed by atoms with van der Waals surface area (Å²) in [6.07, 6.45) is 1.82. The van der Waals surface area contributed by atoms with Crippen LogP contribution in [0, 0.1) is 6.92 Å². The van der Waals surface area contributed by atoms with Crippen LogP contribution in [0.4, 0.5) is 11.8 Å². The Morgan fingerprint density at radius 2 is 1.69 bits per heavy atom. The van der Waals surface area contributed by atoms with Gasteiger partial charge < -0.3 is 10.2 Å². The molecule has 2 aromatic carbocycles. The average Bonchev–Trinajstić information content (AvgIpc) is 2.66. The lowest BCUT2D eigenvalue weighted by Gasteiger charge is -2.27. The van der Waals surface area contributed by atoms with Gasteiger partial charge in [-0.1, -0.05) is 54.6 Å². The summed E-state index contributed by atoms with van der Waals surface area (Å²) in [6.45, 7) is 8.01. The summed E-state index contributed by atoms with van der Waals surface area (Å²) in [6, 6.07) is 21.1. The van der Waals surface area contributed by atoms with Crippen molar-refractivity contribution in [3.63, 3.8) is 0 Å². The van der Waals surface area contributed by atoms with Gasteiger partial charge in [-0.05, 0) is 43.5 Å². The van der Waals surface area contributed by atoms with Gasteiger partial charge in [0, 0.05) is 25.3 Å². The van der Waals surface area contributed by atoms with Gasteiger partial charge >= 0.3 is 0 Å². The second kappa shape index (κ2) is 8.48. The molecule has 0 unspecified atom stereocenters. The zero-order chi connectivity index (χ0) is 18.4. The number of anilines is 2. The predicted octanol–water partition coefficient (Wildman–Crippen LogP) is 4.81. The molecule has 0 aliphatic rings. The summed E-state index contributed by atoms with van der Waals surface area (Å²) in [5.74, 6) is 1.59. The SMILES string of the molecule is Cc1ccccc1CNc1ccnc(N(Cc2ccccc2)C(C)C)n1. The van der Waals surface area contributed by atoms with Gasteiger partial charge in [0.2, 0.25) is 5.95 Å². The molecular formula is C22H26N4. The smallest absolute Gasteiger partial charge is 0.227 e. The molecule has 1 N–H and O–H groups in total. The van der Waals surface area contributed by atoms with Crippen molar-refractivity contribution < 1.29 is 0 Å². The van der Waals surface area contributed by atoms with E-state index in [2.05, 4.69) is 84.5 Å². The molecule has 0 atom stereocenters. The van der Waals surface area contributed by atoms with Crippen LogP contribution in [-0.4, -0.2) is 16.0 Å². The quantitative estimate of drug-likeness (QED) is 0.666. The predicted molar refractivity (Wildman–Crippen MR) is 108 cm³/mol. The molecule has 0 radical (unpaired) electrons. The molecule has 0 amide bonds. The van der Waals surface area contributed by atoms with E-state index in [1.165, 1.54) is 16.7 Å². The third-order valence-corrected chi connectivity index (χ3v) is 4.44. The molecule has 4 nitrogen and oxygen atoms in total. The Morgan fingerprint density at radius 3 is 2.42 bits per heavy atom. The molecule has 0 aliphatic carbocycles. The number of nitrogens with zero attached hydrogens (tertiary/aromatic N) is 3. The second-order valence-electron chi connectivity index (χ2n) is 6.73. The number of aryl methyl sites for hydroxylation is 1. The zero-order valence-electron chi connectivity index (χ0n) is 15.7. The van der Waals surface area contributed by atoms with Crippen LogP contribution in [-0.2, 0) is 13.1 Å². The third kappa shape index (κ3) is 4.60. The first-order chi connectivity index (χ1) is 12.6. The monoisotopic (exact) mass is 346 g/mol. The molecule has 3 aromatic rings. The molecule has 1 aromatic heterocycles. The van der Waals surface area contributed by atoms with Crippen LogP contribution < -0.4 is 10.2 Å². The van der Waals surface area contributed by atoms with E-state index in [1.807, 2.05) is 18.3 Å². The highest BCUT2D eigenvalue weighted by Crippen LogP contribution is 2.18. The maximum absolute atomic E-state index is 4.74. The fourth-order valence-electron chi connectivity index (χ4n) is 2.84. The molecule has 0 fully saturated rings. The van der Waals surface area contributed by atoms with E-state index < -0.39 is 0 Å². The standard InChI is InChI=1S/C22H26N4/c1-17(2)26(16-19-10-5-4-6-11-19)22-23-14-13-21(25-22)24-15-20-12-8-7-9-18(20)3/h4-14,17H,15-16H2,1-3H3,(H,23,24,25). The van der Waals surface area contributed by atoms with Crippen molar-refractivity contribution in [1.29, 1.82) is 0 Å². The Morgan fingerprint density at radius 1 is 0.962 bits per heavy atom. The molecule has 0 bridgehead atoms. The molecule has 4 heteroatoms. The summed E-state index contributed by atoms with van der Waals surface area (Å²) >= 11 is 0. The molecule has 3 rings (SSSR count). The number of aromatic nitrogens is 2. The number of rotatable bonds is 7. The molecule has 1 heterocycles. The number of benzene rings is 2. The van der Waals surface area contributed by atoms with Gasteiger partial charge in [0.25, 0.3) is 0 Å². The van der Waals surface area contributed by atoms with E-state index in [0.29, 0.717) is 6.04 Å². The highest BCUT2D eigenvalue weighted by Gasteiger charge is 2.14. The van der Waals surface area contributed by atoms with E-state index in [9.17, 15) is 0 Å². The maximum Gasteiger partial charge on any atom is 0.227 e. The molecular weight excluding hydrogens is 320 g/mol. The van der Waals surface area contributed by atoms with Crippen LogP contribution in [0.25, 0.3) is 0 Å². The Kier molecular flexibility index (Phi) is 5.84. The number of hydrogen-bond acceptors (Lipinski definition) is 4. The zero-order valence-corrected chi connectivity index (χ0v) is 15.7. The van der Waals surface area contributed by atoms with Gasteiger partial charge in [-0.3, -0.25) is 0 Å². The van der Waals surface area contributed by atoms with Crippen molar-refractivity contribution in [2.75, 3.05) is 10.2 Å². The fraction of sp³-hybridized carbons (Fsp3) is 0.273. The Labute approximate surface area is 155 Å². The maximum atomic E-state index is 4.74. The van der Waals surface area contributed by atoms with E-state index >= 15 is 0 Å². The second-order valence-corrected chi connectivity index (χ2v) is 6.73.